The van der Waals surface area contributed by atoms with Crippen LogP contribution in [0.2, 0.25) is 25.7 Å². The van der Waals surface area contributed by atoms with Gasteiger partial charge in [-0.05, 0) is 51.3 Å². The molecule has 10 nitrogen and oxygen atoms in total. The van der Waals surface area contributed by atoms with Gasteiger partial charge in [-0.15, -0.1) is 0 Å². The number of halogens is 3. The first-order valence-corrected chi connectivity index (χ1v) is 21.0. The molecule has 2 aromatic heterocycles. The second-order valence-corrected chi connectivity index (χ2v) is 21.9. The quantitative estimate of drug-likeness (QED) is 0.184. The smallest absolute Gasteiger partial charge is 0.419 e. The summed E-state index contributed by atoms with van der Waals surface area (Å²) in [5.41, 5.74) is -0.719. The Morgan fingerprint density at radius 3 is 2.52 bits per heavy atom. The second kappa shape index (κ2) is 13.5. The van der Waals surface area contributed by atoms with E-state index in [-0.39, 0.29) is 42.3 Å². The number of likely N-dealkylation sites (tertiary alicyclic amines) is 1. The van der Waals surface area contributed by atoms with Crippen molar-refractivity contribution in [2.75, 3.05) is 31.3 Å². The Morgan fingerprint density at radius 2 is 1.89 bits per heavy atom. The van der Waals surface area contributed by atoms with Gasteiger partial charge in [-0.3, -0.25) is 0 Å². The van der Waals surface area contributed by atoms with Crippen molar-refractivity contribution in [1.29, 1.82) is 0 Å². The molecule has 1 aliphatic heterocycles. The van der Waals surface area contributed by atoms with Gasteiger partial charge in [-0.25, -0.2) is 23.2 Å². The van der Waals surface area contributed by atoms with Crippen LogP contribution in [-0.4, -0.2) is 79.6 Å². The summed E-state index contributed by atoms with van der Waals surface area (Å²) in [5, 5.41) is 3.60. The molecule has 254 valence electrons. The molecule has 1 saturated heterocycles. The minimum atomic E-state index is -4.75. The van der Waals surface area contributed by atoms with Crippen LogP contribution < -0.4 is 5.32 Å². The van der Waals surface area contributed by atoms with Gasteiger partial charge >= 0.3 is 12.3 Å². The van der Waals surface area contributed by atoms with E-state index in [0.29, 0.717) is 42.5 Å². The molecule has 1 N–H and O–H groups in total. The molecule has 4 rings (SSSR count). The second-order valence-electron chi connectivity index (χ2n) is 14.1. The summed E-state index contributed by atoms with van der Waals surface area (Å²) in [6, 6.07) is 5.50. The van der Waals surface area contributed by atoms with Crippen molar-refractivity contribution in [2.45, 2.75) is 89.6 Å². The predicted molar refractivity (Wildman–Crippen MR) is 175 cm³/mol. The van der Waals surface area contributed by atoms with Gasteiger partial charge in [0, 0.05) is 63.4 Å². The highest BCUT2D eigenvalue weighted by molar-refractivity contribution is 7.89. The number of piperidine rings is 1. The predicted octanol–water partition coefficient (Wildman–Crippen LogP) is 6.79. The maximum absolute atomic E-state index is 14.4. The SMILES string of the molecule is CC(C)(C)OC(=O)N1CCC[C@H](Nc2ncc(C(F)(F)F)c(-c3cn(COCC[Si](C)(C)C)c4cc(CS(C)(=O)=O)ccc34)n2)C1. The number of carbonyl (C=O) groups is 1. The lowest BCUT2D eigenvalue weighted by Crippen LogP contribution is -2.47. The highest BCUT2D eigenvalue weighted by Crippen LogP contribution is 2.40. The molecule has 46 heavy (non-hydrogen) atoms. The van der Waals surface area contributed by atoms with Crippen LogP contribution in [0.5, 0.6) is 0 Å². The molecule has 0 spiro atoms. The van der Waals surface area contributed by atoms with E-state index in [1.165, 1.54) is 0 Å². The Hall–Kier alpha value is -3.17. The third-order valence-corrected chi connectivity index (χ3v) is 9.92. The van der Waals surface area contributed by atoms with Crippen molar-refractivity contribution < 1.29 is 35.9 Å². The lowest BCUT2D eigenvalue weighted by atomic mass is 10.0. The Morgan fingerprint density at radius 1 is 1.17 bits per heavy atom. The minimum Gasteiger partial charge on any atom is -0.444 e. The van der Waals surface area contributed by atoms with Gasteiger partial charge < -0.3 is 24.3 Å². The number of nitrogens with one attached hydrogen (secondary N) is 1. The highest BCUT2D eigenvalue weighted by atomic mass is 32.2. The normalized spacial score (nSPS) is 16.6. The number of benzene rings is 1. The van der Waals surface area contributed by atoms with Gasteiger partial charge in [0.2, 0.25) is 5.95 Å². The highest BCUT2D eigenvalue weighted by Gasteiger charge is 2.37. The number of ether oxygens (including phenoxy) is 2. The summed E-state index contributed by atoms with van der Waals surface area (Å²) < 4.78 is 80.3. The van der Waals surface area contributed by atoms with Crippen LogP contribution in [0.25, 0.3) is 22.2 Å². The Kier molecular flexibility index (Phi) is 10.5. The van der Waals surface area contributed by atoms with E-state index in [9.17, 15) is 26.4 Å². The molecule has 0 unspecified atom stereocenters. The first-order chi connectivity index (χ1) is 21.2. The molecule has 1 atom stereocenters. The van der Waals surface area contributed by atoms with Crippen LogP contribution in [0.3, 0.4) is 0 Å². The van der Waals surface area contributed by atoms with Crippen LogP contribution in [0.15, 0.2) is 30.6 Å². The number of nitrogens with zero attached hydrogens (tertiary/aromatic N) is 4. The molecule has 0 saturated carbocycles. The third-order valence-electron chi connectivity index (χ3n) is 7.36. The Balaban J connectivity index is 1.71. The maximum Gasteiger partial charge on any atom is 0.419 e. The van der Waals surface area contributed by atoms with Crippen molar-refractivity contribution in [3.63, 3.8) is 0 Å². The van der Waals surface area contributed by atoms with Gasteiger partial charge in [0.1, 0.15) is 17.9 Å². The van der Waals surface area contributed by atoms with Crippen LogP contribution in [0.1, 0.15) is 44.7 Å². The van der Waals surface area contributed by atoms with Crippen molar-refractivity contribution >= 4 is 40.9 Å². The molecule has 0 bridgehead atoms. The largest absolute Gasteiger partial charge is 0.444 e. The zero-order chi connectivity index (χ0) is 34.1. The van der Waals surface area contributed by atoms with Gasteiger partial charge in [0.15, 0.2) is 9.84 Å². The van der Waals surface area contributed by atoms with Gasteiger partial charge in [0.25, 0.3) is 0 Å². The molecule has 3 heterocycles. The molecule has 1 aromatic carbocycles. The van der Waals surface area contributed by atoms with E-state index in [4.69, 9.17) is 9.47 Å². The summed E-state index contributed by atoms with van der Waals surface area (Å²) in [7, 11) is -4.74. The topological polar surface area (TPSA) is 116 Å². The zero-order valence-corrected chi connectivity index (χ0v) is 29.3. The molecule has 0 aliphatic carbocycles. The summed E-state index contributed by atoms with van der Waals surface area (Å²) in [6.45, 7) is 13.4. The number of alkyl halides is 3. The number of aromatic nitrogens is 3. The number of anilines is 1. The summed E-state index contributed by atoms with van der Waals surface area (Å²) >= 11 is 0. The van der Waals surface area contributed by atoms with Crippen LogP contribution in [0.4, 0.5) is 23.9 Å². The van der Waals surface area contributed by atoms with E-state index < -0.39 is 41.3 Å². The van der Waals surface area contributed by atoms with Crippen molar-refractivity contribution in [3.8, 4) is 11.3 Å². The first-order valence-electron chi connectivity index (χ1n) is 15.2. The van der Waals surface area contributed by atoms with Crippen molar-refractivity contribution in [2.24, 2.45) is 0 Å². The number of amides is 1. The van der Waals surface area contributed by atoms with Crippen molar-refractivity contribution in [3.05, 3.63) is 41.7 Å². The number of rotatable bonds is 10. The molecule has 3 aromatic rings. The minimum absolute atomic E-state index is 0.0000196. The van der Waals surface area contributed by atoms with Crippen LogP contribution in [-0.2, 0) is 38.0 Å². The van der Waals surface area contributed by atoms with Gasteiger partial charge in [-0.2, -0.15) is 13.2 Å². The fourth-order valence-corrected chi connectivity index (χ4v) is 6.74. The fourth-order valence-electron chi connectivity index (χ4n) is 5.20. The average Bonchev–Trinajstić information content (AvgIpc) is 3.26. The zero-order valence-electron chi connectivity index (χ0n) is 27.5. The number of fused-ring (bicyclic) bond motifs is 1. The fraction of sp³-hybridized carbons (Fsp3) is 0.581. The number of hydrogen-bond donors (Lipinski definition) is 1. The summed E-state index contributed by atoms with van der Waals surface area (Å²) in [6.07, 6.45) is -0.402. The van der Waals surface area contributed by atoms with Gasteiger partial charge in [-0.1, -0.05) is 31.8 Å². The van der Waals surface area contributed by atoms with E-state index >= 15 is 0 Å². The first kappa shape index (κ1) is 35.7. The average molecular weight is 684 g/mol. The van der Waals surface area contributed by atoms with E-state index in [0.717, 1.165) is 18.5 Å². The van der Waals surface area contributed by atoms with E-state index in [1.54, 1.807) is 54.6 Å². The van der Waals surface area contributed by atoms with Gasteiger partial charge in [0.05, 0.1) is 17.0 Å². The van der Waals surface area contributed by atoms with Crippen LogP contribution >= 0.6 is 0 Å². The Labute approximate surface area is 269 Å². The van der Waals surface area contributed by atoms with E-state index in [2.05, 4.69) is 34.9 Å². The molecule has 15 heteroatoms. The summed E-state index contributed by atoms with van der Waals surface area (Å²) in [5.74, 6) is -0.211. The lowest BCUT2D eigenvalue weighted by molar-refractivity contribution is -0.137. The third kappa shape index (κ3) is 9.91. The lowest BCUT2D eigenvalue weighted by Gasteiger charge is -2.34. The van der Waals surface area contributed by atoms with E-state index in [1.807, 2.05) is 0 Å². The number of hydrogen-bond acceptors (Lipinski definition) is 8. The van der Waals surface area contributed by atoms with Crippen LogP contribution in [0, 0.1) is 0 Å². The monoisotopic (exact) mass is 683 g/mol. The summed E-state index contributed by atoms with van der Waals surface area (Å²) in [4.78, 5) is 22.6. The standard InChI is InChI=1S/C31H44F3N5O5SSi/c1-30(2,3)44-29(40)38-12-8-9-22(17-38)36-28-35-16-25(31(32,33)34)27(37-28)24-18-39(20-43-13-14-46(5,6)7)26-15-21(10-11-23(24)26)19-45(4,41)42/h10-11,15-16,18,22H,8-9,12-14,17,19-20H2,1-7H3,(H,35,36,37)/t22-/m0/s1. The number of sulfone groups is 1. The molecule has 1 amide bonds. The number of carbonyl (C=O) groups excluding carboxylic acids is 1. The molecule has 0 radical (unpaired) electrons. The molecular weight excluding hydrogens is 640 g/mol. The molecule has 1 aliphatic rings. The molecule has 1 fully saturated rings. The maximum atomic E-state index is 14.4. The molecular formula is C31H44F3N5O5SSi. The van der Waals surface area contributed by atoms with Crippen molar-refractivity contribution in [1.82, 2.24) is 19.4 Å². The Bertz CT molecular complexity index is 1670.